The van der Waals surface area contributed by atoms with Gasteiger partial charge in [-0.1, -0.05) is 0 Å². The van der Waals surface area contributed by atoms with Crippen molar-refractivity contribution in [1.29, 1.82) is 0 Å². The summed E-state index contributed by atoms with van der Waals surface area (Å²) in [7, 11) is 0. The SMILES string of the molecule is CC(=O)Cc1cc(S)c(C)cc1F.Cc1cc(F)c(N)cc1S.[Na+].[OH-]. The first-order chi connectivity index (χ1) is 10.6. The number of carbonyl (C=O) groups is 1. The Hall–Kier alpha value is -0.570. The molecule has 0 atom stereocenters. The number of nitrogens with two attached hydrogens (primary N) is 1. The van der Waals surface area contributed by atoms with Crippen molar-refractivity contribution < 1.29 is 48.6 Å². The molecule has 0 aliphatic carbocycles. The normalized spacial score (nSPS) is 9.24. The van der Waals surface area contributed by atoms with Crippen molar-refractivity contribution in [3.63, 3.8) is 0 Å². The number of rotatable bonds is 2. The molecule has 0 aromatic heterocycles. The van der Waals surface area contributed by atoms with E-state index in [1.54, 1.807) is 19.9 Å². The molecule has 0 aliphatic rings. The van der Waals surface area contributed by atoms with E-state index in [2.05, 4.69) is 25.3 Å². The molecule has 0 saturated heterocycles. The number of aryl methyl sites for hydroxylation is 2. The number of hydrogen-bond acceptors (Lipinski definition) is 5. The number of anilines is 1. The van der Waals surface area contributed by atoms with E-state index in [0.29, 0.717) is 5.56 Å². The van der Waals surface area contributed by atoms with Gasteiger partial charge in [0.2, 0.25) is 0 Å². The van der Waals surface area contributed by atoms with Crippen LogP contribution in [0.3, 0.4) is 0 Å². The average molecular weight is 395 g/mol. The second kappa shape index (κ2) is 11.9. The van der Waals surface area contributed by atoms with Gasteiger partial charge in [-0.3, -0.25) is 4.79 Å². The Bertz CT molecular complexity index is 693. The van der Waals surface area contributed by atoms with Gasteiger partial charge in [0.15, 0.2) is 0 Å². The van der Waals surface area contributed by atoms with Gasteiger partial charge in [-0.25, -0.2) is 8.78 Å². The van der Waals surface area contributed by atoms with Gasteiger partial charge >= 0.3 is 29.6 Å². The van der Waals surface area contributed by atoms with E-state index in [1.165, 1.54) is 25.1 Å². The minimum atomic E-state index is -0.379. The molecular weight excluding hydrogens is 375 g/mol. The van der Waals surface area contributed by atoms with Crippen molar-refractivity contribution in [3.8, 4) is 0 Å². The van der Waals surface area contributed by atoms with Gasteiger partial charge < -0.3 is 11.2 Å². The number of thiol groups is 2. The molecule has 25 heavy (non-hydrogen) atoms. The Morgan fingerprint density at radius 1 is 1.00 bits per heavy atom. The fourth-order valence-corrected chi connectivity index (χ4v) is 2.21. The second-order valence-electron chi connectivity index (χ2n) is 5.27. The van der Waals surface area contributed by atoms with Crippen LogP contribution in [0.15, 0.2) is 34.1 Å². The molecule has 0 fully saturated rings. The molecule has 0 amide bonds. The Labute approximate surface area is 179 Å². The number of ketones is 1. The predicted molar refractivity (Wildman–Crippen MR) is 97.5 cm³/mol. The summed E-state index contributed by atoms with van der Waals surface area (Å²) in [4.78, 5) is 12.2. The maximum Gasteiger partial charge on any atom is 1.00 e. The van der Waals surface area contributed by atoms with Crippen LogP contribution in [0, 0.1) is 25.5 Å². The fraction of sp³-hybridized carbons (Fsp3) is 0.235. The van der Waals surface area contributed by atoms with Crippen LogP contribution in [0.25, 0.3) is 0 Å². The molecule has 0 radical (unpaired) electrons. The smallest absolute Gasteiger partial charge is 0.870 e. The van der Waals surface area contributed by atoms with E-state index in [0.717, 1.165) is 20.9 Å². The second-order valence-corrected chi connectivity index (χ2v) is 6.23. The minimum absolute atomic E-state index is 0. The van der Waals surface area contributed by atoms with Crippen molar-refractivity contribution in [3.05, 3.63) is 52.6 Å². The quantitative estimate of drug-likeness (QED) is 0.409. The van der Waals surface area contributed by atoms with Gasteiger partial charge in [0.1, 0.15) is 17.4 Å². The summed E-state index contributed by atoms with van der Waals surface area (Å²) in [6.07, 6.45) is 0.139. The van der Waals surface area contributed by atoms with Gasteiger partial charge in [-0.2, -0.15) is 0 Å². The summed E-state index contributed by atoms with van der Waals surface area (Å²) in [5.74, 6) is -0.753. The van der Waals surface area contributed by atoms with Crippen LogP contribution in [0.2, 0.25) is 0 Å². The molecule has 3 N–H and O–H groups in total. The Kier molecular flexibility index (Phi) is 12.7. The largest absolute Gasteiger partial charge is 1.00 e. The number of nitrogen functional groups attached to an aromatic ring is 1. The van der Waals surface area contributed by atoms with Gasteiger partial charge in [0.25, 0.3) is 0 Å². The topological polar surface area (TPSA) is 73.1 Å². The third kappa shape index (κ3) is 8.57. The molecule has 132 valence electrons. The third-order valence-electron chi connectivity index (χ3n) is 3.12. The summed E-state index contributed by atoms with van der Waals surface area (Å²) < 4.78 is 25.8. The Morgan fingerprint density at radius 2 is 1.44 bits per heavy atom. The van der Waals surface area contributed by atoms with E-state index < -0.39 is 0 Å². The first kappa shape index (κ1) is 26.7. The van der Waals surface area contributed by atoms with Crippen molar-refractivity contribution in [2.24, 2.45) is 0 Å². The van der Waals surface area contributed by atoms with Crippen molar-refractivity contribution in [2.45, 2.75) is 37.0 Å². The number of carbonyl (C=O) groups excluding carboxylic acids is 1. The zero-order valence-electron chi connectivity index (χ0n) is 14.6. The van der Waals surface area contributed by atoms with E-state index in [1.807, 2.05) is 0 Å². The summed E-state index contributed by atoms with van der Waals surface area (Å²) >= 11 is 8.23. The number of halogens is 2. The fourth-order valence-electron chi connectivity index (χ4n) is 1.79. The molecule has 2 aromatic carbocycles. The molecule has 0 saturated carbocycles. The molecular formula is C17H20F2NNaO2S2. The third-order valence-corrected chi connectivity index (χ3v) is 4.08. The Balaban J connectivity index is 0. The Morgan fingerprint density at radius 3 is 1.88 bits per heavy atom. The summed E-state index contributed by atoms with van der Waals surface area (Å²) in [6.45, 7) is 5.01. The van der Waals surface area contributed by atoms with Crippen LogP contribution < -0.4 is 35.3 Å². The summed E-state index contributed by atoms with van der Waals surface area (Å²) in [5, 5.41) is 0. The number of hydrogen-bond donors (Lipinski definition) is 3. The first-order valence-corrected chi connectivity index (χ1v) is 7.73. The molecule has 2 aromatic rings. The van der Waals surface area contributed by atoms with Crippen LogP contribution in [0.1, 0.15) is 23.6 Å². The zero-order chi connectivity index (χ0) is 17.7. The zero-order valence-corrected chi connectivity index (χ0v) is 18.4. The van der Waals surface area contributed by atoms with Gasteiger partial charge in [-0.05, 0) is 61.7 Å². The molecule has 3 nitrogen and oxygen atoms in total. The molecule has 8 heteroatoms. The van der Waals surface area contributed by atoms with Crippen LogP contribution in [0.4, 0.5) is 14.5 Å². The maximum atomic E-state index is 13.2. The van der Waals surface area contributed by atoms with Crippen LogP contribution >= 0.6 is 25.3 Å². The van der Waals surface area contributed by atoms with E-state index >= 15 is 0 Å². The summed E-state index contributed by atoms with van der Waals surface area (Å²) in [6, 6.07) is 5.89. The molecule has 0 spiro atoms. The number of Topliss-reactive ketones (excluding diaryl/α,β-unsaturated/α-hetero) is 1. The van der Waals surface area contributed by atoms with Crippen LogP contribution in [0.5, 0.6) is 0 Å². The van der Waals surface area contributed by atoms with Gasteiger partial charge in [0, 0.05) is 16.2 Å². The molecule has 0 heterocycles. The van der Waals surface area contributed by atoms with Crippen molar-refractivity contribution in [2.75, 3.05) is 5.73 Å². The molecule has 0 bridgehead atoms. The van der Waals surface area contributed by atoms with Crippen molar-refractivity contribution in [1.82, 2.24) is 0 Å². The monoisotopic (exact) mass is 395 g/mol. The summed E-state index contributed by atoms with van der Waals surface area (Å²) in [5.41, 5.74) is 7.42. The van der Waals surface area contributed by atoms with Crippen LogP contribution in [-0.4, -0.2) is 11.3 Å². The van der Waals surface area contributed by atoms with E-state index in [4.69, 9.17) is 5.73 Å². The van der Waals surface area contributed by atoms with E-state index in [-0.39, 0.29) is 64.6 Å². The average Bonchev–Trinajstić information content (AvgIpc) is 2.43. The first-order valence-electron chi connectivity index (χ1n) is 6.83. The number of benzene rings is 2. The predicted octanol–water partition coefficient (Wildman–Crippen LogP) is 1.39. The molecule has 0 unspecified atom stereocenters. The van der Waals surface area contributed by atoms with Crippen molar-refractivity contribution >= 4 is 36.7 Å². The van der Waals surface area contributed by atoms with Crippen LogP contribution in [-0.2, 0) is 11.2 Å². The van der Waals surface area contributed by atoms with Gasteiger partial charge in [0.05, 0.1) is 5.69 Å². The minimum Gasteiger partial charge on any atom is -0.870 e. The standard InChI is InChI=1S/C10H11FOS.C7H8FNS.Na.H2O/c1-6-3-9(11)8(4-7(2)12)5-10(6)13;1-4-2-5(8)6(9)3-7(4)10;;/h3,5,13H,4H2,1-2H3;2-3,10H,9H2,1H3;;1H2/q;;+1;/p-1. The maximum absolute atomic E-state index is 13.2. The van der Waals surface area contributed by atoms with E-state index in [9.17, 15) is 13.6 Å². The molecule has 0 aliphatic heterocycles. The molecule has 2 rings (SSSR count). The van der Waals surface area contributed by atoms with Gasteiger partial charge in [-0.15, -0.1) is 25.3 Å².